The molecule has 0 saturated carbocycles. The van der Waals surface area contributed by atoms with Crippen molar-refractivity contribution >= 4 is 11.5 Å². The van der Waals surface area contributed by atoms with Crippen LogP contribution in [-0.4, -0.2) is 18.1 Å². The highest BCUT2D eigenvalue weighted by atomic mass is 15.1. The first-order valence-electron chi connectivity index (χ1n) is 6.03. The summed E-state index contributed by atoms with van der Waals surface area (Å²) >= 11 is 0. The minimum atomic E-state index is 0.611. The van der Waals surface area contributed by atoms with Crippen molar-refractivity contribution in [2.24, 2.45) is 11.8 Å². The molecule has 2 heterocycles. The van der Waals surface area contributed by atoms with Gasteiger partial charge in [0.1, 0.15) is 5.82 Å². The van der Waals surface area contributed by atoms with Crippen LogP contribution in [0.4, 0.5) is 11.5 Å². The fraction of sp³-hybridized carbons (Fsp3) is 0.615. The van der Waals surface area contributed by atoms with Gasteiger partial charge in [0.05, 0.1) is 11.9 Å². The second-order valence-electron chi connectivity index (χ2n) is 5.25. The van der Waals surface area contributed by atoms with E-state index in [1.807, 2.05) is 12.3 Å². The van der Waals surface area contributed by atoms with Crippen molar-refractivity contribution in [3.05, 3.63) is 17.8 Å². The summed E-state index contributed by atoms with van der Waals surface area (Å²) in [5, 5.41) is 0. The molecule has 3 nitrogen and oxygen atoms in total. The van der Waals surface area contributed by atoms with Gasteiger partial charge < -0.3 is 10.6 Å². The maximum atomic E-state index is 5.68. The molecule has 3 heteroatoms. The number of nitrogens with two attached hydrogens (primary N) is 1. The lowest BCUT2D eigenvalue weighted by Gasteiger charge is -2.37. The zero-order chi connectivity index (χ0) is 11.7. The predicted octanol–water partition coefficient (Wildman–Crippen LogP) is 2.45. The zero-order valence-electron chi connectivity index (χ0n) is 10.4. The second-order valence-corrected chi connectivity index (χ2v) is 5.25. The molecular weight excluding hydrogens is 198 g/mol. The lowest BCUT2D eigenvalue weighted by molar-refractivity contribution is 0.356. The van der Waals surface area contributed by atoms with Gasteiger partial charge >= 0.3 is 0 Å². The topological polar surface area (TPSA) is 42.1 Å². The molecular formula is C13H21N3. The molecule has 2 atom stereocenters. The maximum Gasteiger partial charge on any atom is 0.123 e. The minimum absolute atomic E-state index is 0.611. The fourth-order valence-electron chi connectivity index (χ4n) is 2.76. The largest absolute Gasteiger partial charge is 0.384 e. The number of hydrogen-bond acceptors (Lipinski definition) is 3. The molecule has 16 heavy (non-hydrogen) atoms. The molecule has 0 radical (unpaired) electrons. The Hall–Kier alpha value is -1.25. The molecule has 88 valence electrons. The van der Waals surface area contributed by atoms with E-state index in [0.717, 1.165) is 24.9 Å². The van der Waals surface area contributed by atoms with Gasteiger partial charge in [-0.05, 0) is 36.8 Å². The molecule has 0 spiro atoms. The van der Waals surface area contributed by atoms with Gasteiger partial charge in [-0.1, -0.05) is 13.8 Å². The summed E-state index contributed by atoms with van der Waals surface area (Å²) in [4.78, 5) is 6.65. The van der Waals surface area contributed by atoms with Crippen molar-refractivity contribution in [1.82, 2.24) is 4.98 Å². The van der Waals surface area contributed by atoms with Gasteiger partial charge in [-0.25, -0.2) is 4.98 Å². The van der Waals surface area contributed by atoms with E-state index < -0.39 is 0 Å². The van der Waals surface area contributed by atoms with E-state index in [1.165, 1.54) is 17.7 Å². The Balaban J connectivity index is 2.23. The van der Waals surface area contributed by atoms with Gasteiger partial charge in [-0.15, -0.1) is 0 Å². The summed E-state index contributed by atoms with van der Waals surface area (Å²) in [7, 11) is 0. The number of aryl methyl sites for hydroxylation is 1. The van der Waals surface area contributed by atoms with Gasteiger partial charge in [0.2, 0.25) is 0 Å². The Bertz CT molecular complexity index is 365. The molecule has 1 aromatic heterocycles. The van der Waals surface area contributed by atoms with Gasteiger partial charge in [-0.2, -0.15) is 0 Å². The van der Waals surface area contributed by atoms with Crippen LogP contribution in [0.3, 0.4) is 0 Å². The SMILES string of the molecule is Cc1cc(N)ncc1N1CC(C)CC(C)C1. The Morgan fingerprint density at radius 2 is 1.94 bits per heavy atom. The number of hydrogen-bond donors (Lipinski definition) is 1. The number of nitrogen functional groups attached to an aromatic ring is 1. The Labute approximate surface area is 97.7 Å². The summed E-state index contributed by atoms with van der Waals surface area (Å²) in [5.74, 6) is 2.14. The summed E-state index contributed by atoms with van der Waals surface area (Å²) in [6, 6.07) is 1.96. The van der Waals surface area contributed by atoms with Crippen LogP contribution in [0.2, 0.25) is 0 Å². The highest BCUT2D eigenvalue weighted by molar-refractivity contribution is 5.55. The maximum absolute atomic E-state index is 5.68. The molecule has 2 unspecified atom stereocenters. The molecule has 0 aliphatic carbocycles. The third-order valence-electron chi connectivity index (χ3n) is 3.31. The summed E-state index contributed by atoms with van der Waals surface area (Å²) in [6.45, 7) is 9.02. The minimum Gasteiger partial charge on any atom is -0.384 e. The van der Waals surface area contributed by atoms with Gasteiger partial charge in [0.25, 0.3) is 0 Å². The highest BCUT2D eigenvalue weighted by Crippen LogP contribution is 2.28. The van der Waals surface area contributed by atoms with Crippen molar-refractivity contribution in [2.45, 2.75) is 27.2 Å². The summed E-state index contributed by atoms with van der Waals surface area (Å²) in [6.07, 6.45) is 3.24. The Morgan fingerprint density at radius 3 is 2.50 bits per heavy atom. The molecule has 1 saturated heterocycles. The molecule has 1 aliphatic rings. The van der Waals surface area contributed by atoms with E-state index in [4.69, 9.17) is 5.73 Å². The van der Waals surface area contributed by atoms with Crippen LogP contribution in [0.1, 0.15) is 25.8 Å². The number of pyridine rings is 1. The number of rotatable bonds is 1. The molecule has 1 fully saturated rings. The van der Waals surface area contributed by atoms with Crippen LogP contribution in [-0.2, 0) is 0 Å². The normalized spacial score (nSPS) is 25.8. The van der Waals surface area contributed by atoms with Crippen LogP contribution in [0, 0.1) is 18.8 Å². The predicted molar refractivity (Wildman–Crippen MR) is 68.5 cm³/mol. The third-order valence-corrected chi connectivity index (χ3v) is 3.31. The van der Waals surface area contributed by atoms with E-state index in [1.54, 1.807) is 0 Å². The van der Waals surface area contributed by atoms with E-state index in [9.17, 15) is 0 Å². The molecule has 0 amide bonds. The van der Waals surface area contributed by atoms with Crippen molar-refractivity contribution in [3.8, 4) is 0 Å². The standard InChI is InChI=1S/C13H21N3/c1-9-4-10(2)8-16(7-9)12-6-15-13(14)5-11(12)3/h5-6,9-10H,4,7-8H2,1-3H3,(H2,14,15). The summed E-state index contributed by atoms with van der Waals surface area (Å²) < 4.78 is 0. The number of nitrogens with zero attached hydrogens (tertiary/aromatic N) is 2. The smallest absolute Gasteiger partial charge is 0.123 e. The molecule has 2 rings (SSSR count). The second kappa shape index (κ2) is 4.32. The lowest BCUT2D eigenvalue weighted by atomic mass is 9.91. The highest BCUT2D eigenvalue weighted by Gasteiger charge is 2.22. The first-order valence-corrected chi connectivity index (χ1v) is 6.03. The molecule has 2 N–H and O–H groups in total. The number of piperidine rings is 1. The first kappa shape index (κ1) is 11.2. The lowest BCUT2D eigenvalue weighted by Crippen LogP contribution is -2.39. The van der Waals surface area contributed by atoms with Gasteiger partial charge in [0.15, 0.2) is 0 Å². The Kier molecular flexibility index (Phi) is 3.03. The van der Waals surface area contributed by atoms with Crippen molar-refractivity contribution in [2.75, 3.05) is 23.7 Å². The molecule has 1 aromatic rings. The van der Waals surface area contributed by atoms with Crippen LogP contribution >= 0.6 is 0 Å². The van der Waals surface area contributed by atoms with Crippen molar-refractivity contribution < 1.29 is 0 Å². The average molecular weight is 219 g/mol. The number of anilines is 2. The van der Waals surface area contributed by atoms with E-state index in [0.29, 0.717) is 5.82 Å². The Morgan fingerprint density at radius 1 is 1.31 bits per heavy atom. The molecule has 1 aliphatic heterocycles. The fourth-order valence-corrected chi connectivity index (χ4v) is 2.76. The average Bonchev–Trinajstić information content (AvgIpc) is 2.15. The van der Waals surface area contributed by atoms with Gasteiger partial charge in [-0.3, -0.25) is 0 Å². The van der Waals surface area contributed by atoms with E-state index in [2.05, 4.69) is 30.7 Å². The monoisotopic (exact) mass is 219 g/mol. The van der Waals surface area contributed by atoms with E-state index in [-0.39, 0.29) is 0 Å². The number of aromatic nitrogens is 1. The van der Waals surface area contributed by atoms with Crippen molar-refractivity contribution in [1.29, 1.82) is 0 Å². The third kappa shape index (κ3) is 2.29. The molecule has 0 aromatic carbocycles. The van der Waals surface area contributed by atoms with Crippen LogP contribution < -0.4 is 10.6 Å². The van der Waals surface area contributed by atoms with E-state index >= 15 is 0 Å². The van der Waals surface area contributed by atoms with Crippen molar-refractivity contribution in [3.63, 3.8) is 0 Å². The van der Waals surface area contributed by atoms with Crippen LogP contribution in [0.25, 0.3) is 0 Å². The van der Waals surface area contributed by atoms with Crippen LogP contribution in [0.5, 0.6) is 0 Å². The molecule has 0 bridgehead atoms. The van der Waals surface area contributed by atoms with Gasteiger partial charge in [0, 0.05) is 13.1 Å². The van der Waals surface area contributed by atoms with Crippen LogP contribution in [0.15, 0.2) is 12.3 Å². The summed E-state index contributed by atoms with van der Waals surface area (Å²) in [5.41, 5.74) is 8.16. The zero-order valence-corrected chi connectivity index (χ0v) is 10.4. The first-order chi connectivity index (χ1) is 7.56. The quantitative estimate of drug-likeness (QED) is 0.789.